The average Bonchev–Trinajstić information content (AvgIpc) is 2.46. The standard InChI is InChI=1S/C12H17O6P/c13-19(14,17-15-11-7-3-1-4-8-11)18-16-12-9-5-2-6-10-12/h1,3-4,7-8,12H,2,5-6,9-10H2,(H,13,14). The van der Waals surface area contributed by atoms with Gasteiger partial charge in [-0.2, -0.15) is 0 Å². The second-order valence-corrected chi connectivity index (χ2v) is 5.61. The molecule has 106 valence electrons. The third kappa shape index (κ3) is 5.30. The molecule has 0 radical (unpaired) electrons. The van der Waals surface area contributed by atoms with Crippen molar-refractivity contribution in [2.24, 2.45) is 0 Å². The first-order valence-electron chi connectivity index (χ1n) is 6.25. The summed E-state index contributed by atoms with van der Waals surface area (Å²) in [5, 5.41) is 0. The van der Waals surface area contributed by atoms with Crippen LogP contribution in [0.1, 0.15) is 32.1 Å². The van der Waals surface area contributed by atoms with Crippen LogP contribution in [-0.4, -0.2) is 11.0 Å². The molecule has 0 heterocycles. The lowest BCUT2D eigenvalue weighted by Crippen LogP contribution is -2.16. The normalized spacial score (nSPS) is 19.8. The topological polar surface area (TPSA) is 74.2 Å². The Kier molecular flexibility index (Phi) is 5.36. The quantitative estimate of drug-likeness (QED) is 0.491. The summed E-state index contributed by atoms with van der Waals surface area (Å²) in [6.45, 7) is 0. The predicted octanol–water partition coefficient (Wildman–Crippen LogP) is 3.38. The molecule has 1 atom stereocenters. The van der Waals surface area contributed by atoms with Gasteiger partial charge < -0.3 is 4.89 Å². The zero-order valence-corrected chi connectivity index (χ0v) is 11.3. The molecule has 0 saturated heterocycles. The monoisotopic (exact) mass is 288 g/mol. The number of benzene rings is 1. The Morgan fingerprint density at radius 1 is 1.05 bits per heavy atom. The molecule has 1 fully saturated rings. The summed E-state index contributed by atoms with van der Waals surface area (Å²) >= 11 is 0. The Balaban J connectivity index is 1.73. The Bertz CT molecular complexity index is 417. The summed E-state index contributed by atoms with van der Waals surface area (Å²) < 4.78 is 20.3. The third-order valence-corrected chi connectivity index (χ3v) is 3.33. The van der Waals surface area contributed by atoms with E-state index in [0.29, 0.717) is 5.75 Å². The number of hydrogen-bond donors (Lipinski definition) is 1. The zero-order valence-electron chi connectivity index (χ0n) is 10.4. The van der Waals surface area contributed by atoms with E-state index >= 15 is 0 Å². The van der Waals surface area contributed by atoms with Crippen molar-refractivity contribution >= 4 is 7.82 Å². The van der Waals surface area contributed by atoms with Gasteiger partial charge in [0.2, 0.25) is 0 Å². The molecule has 0 amide bonds. The highest BCUT2D eigenvalue weighted by atomic mass is 31.2. The molecule has 6 nitrogen and oxygen atoms in total. The van der Waals surface area contributed by atoms with E-state index in [1.165, 1.54) is 0 Å². The smallest absolute Gasteiger partial charge is 0.327 e. The van der Waals surface area contributed by atoms with Crippen LogP contribution in [0.3, 0.4) is 0 Å². The van der Waals surface area contributed by atoms with E-state index in [2.05, 4.69) is 9.35 Å². The van der Waals surface area contributed by atoms with Gasteiger partial charge in [0, 0.05) is 0 Å². The molecule has 1 aliphatic carbocycles. The lowest BCUT2D eigenvalue weighted by Gasteiger charge is -2.21. The molecule has 0 spiro atoms. The summed E-state index contributed by atoms with van der Waals surface area (Å²) in [4.78, 5) is 19.0. The van der Waals surface area contributed by atoms with Crippen LogP contribution < -0.4 is 4.89 Å². The van der Waals surface area contributed by atoms with Crippen molar-refractivity contribution < 1.29 is 28.6 Å². The van der Waals surface area contributed by atoms with Gasteiger partial charge in [0.05, 0.1) is 6.10 Å². The van der Waals surface area contributed by atoms with E-state index in [1.54, 1.807) is 30.3 Å². The Morgan fingerprint density at radius 3 is 2.42 bits per heavy atom. The largest absolute Gasteiger partial charge is 0.535 e. The van der Waals surface area contributed by atoms with E-state index in [0.717, 1.165) is 32.1 Å². The molecule has 1 aromatic rings. The minimum absolute atomic E-state index is 0.158. The Hall–Kier alpha value is -0.910. The van der Waals surface area contributed by atoms with Crippen LogP contribution >= 0.6 is 7.82 Å². The number of phosphoric acid groups is 1. The first kappa shape index (κ1) is 14.5. The van der Waals surface area contributed by atoms with Crippen molar-refractivity contribution in [3.05, 3.63) is 30.3 Å². The molecule has 1 aromatic carbocycles. The van der Waals surface area contributed by atoms with Crippen LogP contribution in [0.4, 0.5) is 0 Å². The molecule has 0 aliphatic heterocycles. The van der Waals surface area contributed by atoms with Gasteiger partial charge in [0.1, 0.15) is 0 Å². The van der Waals surface area contributed by atoms with Gasteiger partial charge >= 0.3 is 7.82 Å². The molecule has 2 rings (SSSR count). The summed E-state index contributed by atoms with van der Waals surface area (Å²) in [6.07, 6.45) is 4.70. The van der Waals surface area contributed by atoms with E-state index in [1.807, 2.05) is 0 Å². The van der Waals surface area contributed by atoms with E-state index in [4.69, 9.17) is 9.78 Å². The van der Waals surface area contributed by atoms with Crippen molar-refractivity contribution in [1.82, 2.24) is 0 Å². The predicted molar refractivity (Wildman–Crippen MR) is 67.0 cm³/mol. The first-order chi connectivity index (χ1) is 9.16. The summed E-state index contributed by atoms with van der Waals surface area (Å²) in [6, 6.07) is 8.37. The molecule has 7 heteroatoms. The first-order valence-corrected chi connectivity index (χ1v) is 7.74. The second kappa shape index (κ2) is 7.03. The van der Waals surface area contributed by atoms with Gasteiger partial charge in [0.15, 0.2) is 5.75 Å². The van der Waals surface area contributed by atoms with E-state index < -0.39 is 7.82 Å². The SMILES string of the molecule is O=P(O)(OOc1ccccc1)OOC1CCCCC1. The maximum atomic E-state index is 11.5. The molecule has 0 aromatic heterocycles. The van der Waals surface area contributed by atoms with E-state index in [9.17, 15) is 9.46 Å². The Labute approximate surface area is 111 Å². The molecular formula is C12H17O6P. The van der Waals surface area contributed by atoms with E-state index in [-0.39, 0.29) is 6.10 Å². The van der Waals surface area contributed by atoms with Crippen molar-refractivity contribution in [3.8, 4) is 5.75 Å². The second-order valence-electron chi connectivity index (χ2n) is 4.37. The van der Waals surface area contributed by atoms with Crippen molar-refractivity contribution in [2.75, 3.05) is 0 Å². The summed E-state index contributed by atoms with van der Waals surface area (Å²) in [7, 11) is -4.37. The number of hydrogen-bond acceptors (Lipinski definition) is 5. The fraction of sp³-hybridized carbons (Fsp3) is 0.500. The van der Waals surface area contributed by atoms with Crippen LogP contribution in [-0.2, 0) is 18.8 Å². The molecule has 19 heavy (non-hydrogen) atoms. The highest BCUT2D eigenvalue weighted by molar-refractivity contribution is 7.47. The molecular weight excluding hydrogens is 271 g/mol. The molecule has 1 saturated carbocycles. The number of para-hydroxylation sites is 1. The highest BCUT2D eigenvalue weighted by Gasteiger charge is 2.28. The van der Waals surface area contributed by atoms with Crippen LogP contribution in [0, 0.1) is 0 Å². The fourth-order valence-electron chi connectivity index (χ4n) is 1.86. The Morgan fingerprint density at radius 2 is 1.74 bits per heavy atom. The van der Waals surface area contributed by atoms with Crippen LogP contribution in [0.15, 0.2) is 30.3 Å². The van der Waals surface area contributed by atoms with Crippen molar-refractivity contribution in [3.63, 3.8) is 0 Å². The van der Waals surface area contributed by atoms with Gasteiger partial charge in [0.25, 0.3) is 0 Å². The lowest BCUT2D eigenvalue weighted by molar-refractivity contribution is -0.281. The highest BCUT2D eigenvalue weighted by Crippen LogP contribution is 2.44. The average molecular weight is 288 g/mol. The molecule has 1 aliphatic rings. The van der Waals surface area contributed by atoms with Crippen LogP contribution in [0.5, 0.6) is 5.75 Å². The minimum atomic E-state index is -4.37. The van der Waals surface area contributed by atoms with Crippen molar-refractivity contribution in [2.45, 2.75) is 38.2 Å². The molecule has 0 bridgehead atoms. The molecule has 1 unspecified atom stereocenters. The van der Waals surface area contributed by atoms with Crippen LogP contribution in [0.2, 0.25) is 0 Å². The maximum Gasteiger partial charge on any atom is 0.535 e. The van der Waals surface area contributed by atoms with Crippen LogP contribution in [0.25, 0.3) is 0 Å². The maximum absolute atomic E-state index is 11.5. The zero-order chi connectivity index (χ0) is 13.6. The third-order valence-electron chi connectivity index (χ3n) is 2.80. The molecule has 1 N–H and O–H groups in total. The minimum Gasteiger partial charge on any atom is -0.327 e. The van der Waals surface area contributed by atoms with Gasteiger partial charge in [-0.25, -0.2) is 9.45 Å². The van der Waals surface area contributed by atoms with Gasteiger partial charge in [-0.15, -0.1) is 4.67 Å². The number of rotatable bonds is 6. The lowest BCUT2D eigenvalue weighted by atomic mass is 9.98. The fourth-order valence-corrected chi connectivity index (χ4v) is 2.29. The van der Waals surface area contributed by atoms with Gasteiger partial charge in [-0.05, 0) is 25.0 Å². The van der Waals surface area contributed by atoms with Gasteiger partial charge in [-0.3, -0.25) is 4.89 Å². The van der Waals surface area contributed by atoms with Crippen molar-refractivity contribution in [1.29, 1.82) is 0 Å². The van der Waals surface area contributed by atoms with Gasteiger partial charge in [-0.1, -0.05) is 42.1 Å². The summed E-state index contributed by atoms with van der Waals surface area (Å²) in [5.41, 5.74) is 0. The summed E-state index contributed by atoms with van der Waals surface area (Å²) in [5.74, 6) is 0.304.